The summed E-state index contributed by atoms with van der Waals surface area (Å²) in [5, 5.41) is 14.4. The second-order valence-corrected chi connectivity index (χ2v) is 11.7. The lowest BCUT2D eigenvalue weighted by atomic mass is 9.44. The summed E-state index contributed by atoms with van der Waals surface area (Å²) in [6, 6.07) is 1.38. The van der Waals surface area contributed by atoms with Gasteiger partial charge in [0.2, 0.25) is 5.12 Å². The molecule has 0 aromatic carbocycles. The molecule has 1 aromatic rings. The van der Waals surface area contributed by atoms with Crippen LogP contribution in [-0.2, 0) is 14.3 Å². The lowest BCUT2D eigenvalue weighted by molar-refractivity contribution is -0.221. The summed E-state index contributed by atoms with van der Waals surface area (Å²) in [7, 11) is 0. The molecule has 36 heavy (non-hydrogen) atoms. The Hall–Kier alpha value is -2.33. The highest BCUT2D eigenvalue weighted by atomic mass is 32.1. The number of hydrogen-bond donors (Lipinski definition) is 2. The number of ether oxygens (including phenoxy) is 1. The number of ketones is 1. The minimum Gasteiger partial charge on any atom is -0.444 e. The van der Waals surface area contributed by atoms with Gasteiger partial charge in [-0.25, -0.2) is 13.6 Å². The predicted octanol–water partition coefficient (Wildman–Crippen LogP) is 3.90. The van der Waals surface area contributed by atoms with E-state index in [0.29, 0.717) is 5.76 Å². The van der Waals surface area contributed by atoms with E-state index in [1.54, 1.807) is 20.8 Å². The van der Waals surface area contributed by atoms with Crippen LogP contribution in [0.3, 0.4) is 0 Å². The van der Waals surface area contributed by atoms with Crippen molar-refractivity contribution in [2.24, 2.45) is 28.6 Å². The molecule has 0 saturated heterocycles. The molecule has 7 nitrogen and oxygen atoms in total. The Labute approximate surface area is 212 Å². The summed E-state index contributed by atoms with van der Waals surface area (Å²) in [5.41, 5.74) is -7.01. The van der Waals surface area contributed by atoms with Crippen molar-refractivity contribution in [1.29, 1.82) is 0 Å². The molecule has 0 aliphatic heterocycles. The Kier molecular flexibility index (Phi) is 5.51. The van der Waals surface area contributed by atoms with Crippen LogP contribution in [0.25, 0.3) is 0 Å². The molecule has 3 saturated carbocycles. The number of fused-ring (bicyclic) bond motifs is 5. The number of aryl methyl sites for hydroxylation is 1. The molecule has 0 amide bonds. The van der Waals surface area contributed by atoms with Crippen molar-refractivity contribution in [3.63, 3.8) is 0 Å². The highest BCUT2D eigenvalue weighted by Gasteiger charge is 2.78. The number of thiol groups is 1. The molecule has 0 spiro atoms. The minimum atomic E-state index is -2.30. The molecule has 1 heterocycles. The van der Waals surface area contributed by atoms with Gasteiger partial charge in [0, 0.05) is 28.7 Å². The molecule has 10 heteroatoms. The maximum absolute atomic E-state index is 17.3. The van der Waals surface area contributed by atoms with Gasteiger partial charge in [-0.3, -0.25) is 9.59 Å². The number of allylic oxidation sites excluding steroid dienone is 4. The van der Waals surface area contributed by atoms with Gasteiger partial charge in [0.05, 0.1) is 6.10 Å². The standard InChI is InChI=1S/C26H29F2NO6S/c1-12-7-15-16-10-18(27)17-9-14(30)5-6-23(17,3)25(16,28)20(31)11-24(15,4)26(12,22(33)36)34-21(32)19-8-13(2)35-29-19/h5-6,8-9,12,15-16,18,20,31H,7,10-11H2,1-4H3,(H,33,36)/t12-,15+,16+,18+,20+,23+,24+,25+,26+/m1/s1. The summed E-state index contributed by atoms with van der Waals surface area (Å²) < 4.78 is 43.7. The number of aliphatic hydroxyl groups excluding tert-OH is 1. The summed E-state index contributed by atoms with van der Waals surface area (Å²) in [6.07, 6.45) is 0.214. The van der Waals surface area contributed by atoms with Crippen LogP contribution in [0.15, 0.2) is 34.4 Å². The van der Waals surface area contributed by atoms with Crippen LogP contribution in [0, 0.1) is 35.5 Å². The lowest BCUT2D eigenvalue weighted by Gasteiger charge is -2.63. The number of carbonyl (C=O) groups is 3. The maximum Gasteiger partial charge on any atom is 0.361 e. The summed E-state index contributed by atoms with van der Waals surface area (Å²) in [6.45, 7) is 6.51. The molecule has 9 atom stereocenters. The topological polar surface area (TPSA) is 107 Å². The molecule has 194 valence electrons. The molecular formula is C26H29F2NO6S. The molecule has 1 N–H and O–H groups in total. The molecule has 3 fully saturated rings. The first kappa shape index (κ1) is 25.3. The number of alkyl halides is 2. The number of hydrogen-bond acceptors (Lipinski definition) is 7. The Morgan fingerprint density at radius 3 is 2.58 bits per heavy atom. The van der Waals surface area contributed by atoms with Crippen LogP contribution in [0.4, 0.5) is 8.78 Å². The zero-order valence-corrected chi connectivity index (χ0v) is 21.4. The van der Waals surface area contributed by atoms with Gasteiger partial charge >= 0.3 is 5.97 Å². The van der Waals surface area contributed by atoms with E-state index in [1.165, 1.54) is 25.1 Å². The second-order valence-electron chi connectivity index (χ2n) is 11.2. The van der Waals surface area contributed by atoms with Crippen molar-refractivity contribution in [1.82, 2.24) is 5.16 Å². The molecular weight excluding hydrogens is 492 g/mol. The van der Waals surface area contributed by atoms with Crippen LogP contribution in [-0.4, -0.2) is 50.7 Å². The maximum atomic E-state index is 17.3. The fourth-order valence-corrected chi connectivity index (χ4v) is 8.42. The average Bonchev–Trinajstić information content (AvgIpc) is 3.32. The molecule has 1 aromatic heterocycles. The largest absolute Gasteiger partial charge is 0.444 e. The van der Waals surface area contributed by atoms with Gasteiger partial charge in [-0.1, -0.05) is 25.1 Å². The van der Waals surface area contributed by atoms with E-state index < -0.39 is 69.0 Å². The number of carbonyl (C=O) groups excluding carboxylic acids is 3. The van der Waals surface area contributed by atoms with E-state index in [1.807, 2.05) is 0 Å². The van der Waals surface area contributed by atoms with Crippen LogP contribution in [0.5, 0.6) is 0 Å². The van der Waals surface area contributed by atoms with Crippen molar-refractivity contribution in [2.45, 2.75) is 70.5 Å². The Balaban J connectivity index is 1.61. The van der Waals surface area contributed by atoms with Crippen LogP contribution in [0.2, 0.25) is 0 Å². The zero-order chi connectivity index (χ0) is 26.4. The van der Waals surface area contributed by atoms with E-state index >= 15 is 8.78 Å². The fourth-order valence-electron chi connectivity index (χ4n) is 7.90. The van der Waals surface area contributed by atoms with Crippen LogP contribution in [0.1, 0.15) is 56.3 Å². The highest BCUT2D eigenvalue weighted by molar-refractivity contribution is 7.96. The van der Waals surface area contributed by atoms with Crippen molar-refractivity contribution in [2.75, 3.05) is 0 Å². The highest BCUT2D eigenvalue weighted by Crippen LogP contribution is 2.71. The van der Waals surface area contributed by atoms with E-state index in [9.17, 15) is 19.5 Å². The Morgan fingerprint density at radius 2 is 1.97 bits per heavy atom. The number of nitrogens with zero attached hydrogens (tertiary/aromatic N) is 1. The molecule has 5 rings (SSSR count). The van der Waals surface area contributed by atoms with E-state index in [2.05, 4.69) is 17.8 Å². The number of rotatable bonds is 3. The van der Waals surface area contributed by atoms with E-state index in [4.69, 9.17) is 9.26 Å². The second kappa shape index (κ2) is 7.84. The van der Waals surface area contributed by atoms with Gasteiger partial charge < -0.3 is 14.4 Å². The van der Waals surface area contributed by atoms with Crippen LogP contribution >= 0.6 is 12.6 Å². The first-order chi connectivity index (χ1) is 16.7. The Bertz CT molecular complexity index is 1230. The molecule has 4 aliphatic carbocycles. The zero-order valence-electron chi connectivity index (χ0n) is 20.5. The predicted molar refractivity (Wildman–Crippen MR) is 127 cm³/mol. The van der Waals surface area contributed by atoms with Gasteiger partial charge in [-0.2, -0.15) is 0 Å². The van der Waals surface area contributed by atoms with Gasteiger partial charge in [-0.15, -0.1) is 12.6 Å². The van der Waals surface area contributed by atoms with Gasteiger partial charge in [0.15, 0.2) is 22.7 Å². The smallest absolute Gasteiger partial charge is 0.361 e. The quantitative estimate of drug-likeness (QED) is 0.459. The van der Waals surface area contributed by atoms with Crippen LogP contribution < -0.4 is 0 Å². The van der Waals surface area contributed by atoms with Gasteiger partial charge in [0.25, 0.3) is 0 Å². The van der Waals surface area contributed by atoms with Crippen molar-refractivity contribution >= 4 is 29.5 Å². The first-order valence-corrected chi connectivity index (χ1v) is 12.5. The van der Waals surface area contributed by atoms with Gasteiger partial charge in [0.1, 0.15) is 11.9 Å². The van der Waals surface area contributed by atoms with E-state index in [-0.39, 0.29) is 30.5 Å². The third-order valence-electron chi connectivity index (χ3n) is 9.58. The van der Waals surface area contributed by atoms with Crippen molar-refractivity contribution in [3.8, 4) is 0 Å². The minimum absolute atomic E-state index is 0.0202. The number of aliphatic hydroxyl groups is 1. The first-order valence-electron chi connectivity index (χ1n) is 12.1. The molecule has 0 radical (unpaired) electrons. The monoisotopic (exact) mass is 521 g/mol. The summed E-state index contributed by atoms with van der Waals surface area (Å²) in [5.74, 6) is -3.17. The summed E-state index contributed by atoms with van der Waals surface area (Å²) in [4.78, 5) is 38.2. The van der Waals surface area contributed by atoms with Crippen molar-refractivity contribution < 1.29 is 37.5 Å². The lowest BCUT2D eigenvalue weighted by Crippen LogP contribution is -2.70. The number of aromatic nitrogens is 1. The third-order valence-corrected chi connectivity index (χ3v) is 9.91. The third kappa shape index (κ3) is 2.94. The normalized spacial score (nSPS) is 45.4. The number of halogens is 2. The molecule has 4 aliphatic rings. The fraction of sp³-hybridized carbons (Fsp3) is 0.615. The average molecular weight is 522 g/mol. The van der Waals surface area contributed by atoms with Gasteiger partial charge in [-0.05, 0) is 56.8 Å². The Morgan fingerprint density at radius 1 is 1.28 bits per heavy atom. The summed E-state index contributed by atoms with van der Waals surface area (Å²) >= 11 is 4.12. The number of esters is 1. The molecule has 0 unspecified atom stereocenters. The van der Waals surface area contributed by atoms with Crippen molar-refractivity contribution in [3.05, 3.63) is 41.3 Å². The molecule has 0 bridgehead atoms. The van der Waals surface area contributed by atoms with E-state index in [0.717, 1.165) is 6.08 Å². The SMILES string of the molecule is Cc1cc(C(=O)O[C@]2(C(=O)S)[C@H](C)C[C@H]3[C@@H]4C[C@H](F)C5=CC(=O)C=C[C@]5(C)[C@@]4(F)[C@@H](O)C[C@@]32C)no1.